The number of hydrogen-bond acceptors (Lipinski definition) is 4. The number of carbonyl (C=O) groups is 1. The lowest BCUT2D eigenvalue weighted by Crippen LogP contribution is -2.42. The van der Waals surface area contributed by atoms with Crippen LogP contribution in [0.15, 0.2) is 60.7 Å². The third kappa shape index (κ3) is 5.01. The van der Waals surface area contributed by atoms with Crippen LogP contribution in [0.4, 0.5) is 4.39 Å². The van der Waals surface area contributed by atoms with Crippen molar-refractivity contribution < 1.29 is 18.7 Å². The Labute approximate surface area is 194 Å². The number of hydrogen-bond donors (Lipinski definition) is 1. The fraction of sp³-hybridized carbons (Fsp3) is 0.296. The Morgan fingerprint density at radius 1 is 1.06 bits per heavy atom. The van der Waals surface area contributed by atoms with Gasteiger partial charge in [0.25, 0.3) is 5.91 Å². The fourth-order valence-corrected chi connectivity index (χ4v) is 4.44. The molecule has 0 saturated carbocycles. The molecule has 4 rings (SSSR count). The molecule has 6 heteroatoms. The average Bonchev–Trinajstić information content (AvgIpc) is 2.83. The maximum Gasteiger partial charge on any atom is 0.251 e. The van der Waals surface area contributed by atoms with Crippen molar-refractivity contribution in [2.24, 2.45) is 0 Å². The second kappa shape index (κ2) is 10.0. The maximum atomic E-state index is 13.4. The van der Waals surface area contributed by atoms with Gasteiger partial charge in [0.2, 0.25) is 0 Å². The predicted octanol–water partition coefficient (Wildman–Crippen LogP) is 4.68. The highest BCUT2D eigenvalue weighted by atomic mass is 19.1. The van der Waals surface area contributed by atoms with Gasteiger partial charge in [-0.1, -0.05) is 30.3 Å². The summed E-state index contributed by atoms with van der Waals surface area (Å²) < 4.78 is 24.5. The van der Waals surface area contributed by atoms with Crippen molar-refractivity contribution in [2.75, 3.05) is 27.3 Å². The number of carbonyl (C=O) groups excluding carboxylic acids is 1. The molecule has 1 aliphatic heterocycles. The van der Waals surface area contributed by atoms with Gasteiger partial charge in [-0.05, 0) is 65.9 Å². The van der Waals surface area contributed by atoms with Gasteiger partial charge < -0.3 is 14.8 Å². The molecule has 1 heterocycles. The molecule has 0 fully saturated rings. The van der Waals surface area contributed by atoms with Gasteiger partial charge in [-0.15, -0.1) is 0 Å². The van der Waals surface area contributed by atoms with Crippen LogP contribution < -0.4 is 14.8 Å². The van der Waals surface area contributed by atoms with Gasteiger partial charge in [0, 0.05) is 25.2 Å². The molecular formula is C27H29FN2O3. The van der Waals surface area contributed by atoms with Crippen molar-refractivity contribution in [2.45, 2.75) is 25.9 Å². The molecule has 0 spiro atoms. The summed E-state index contributed by atoms with van der Waals surface area (Å²) in [4.78, 5) is 15.2. The molecule has 1 aliphatic rings. The SMILES string of the molecule is COc1cc2c(cc1OC)C(CNC(=O)c1ccccc1C)N(Cc1ccc(F)cc1)CC2. The summed E-state index contributed by atoms with van der Waals surface area (Å²) in [5, 5.41) is 3.13. The summed E-state index contributed by atoms with van der Waals surface area (Å²) in [5.41, 5.74) is 4.92. The standard InChI is InChI=1S/C27H29FN2O3/c1-18-6-4-5-7-22(18)27(31)29-16-24-23-15-26(33-3)25(32-2)14-20(23)12-13-30(24)17-19-8-10-21(28)11-9-19/h4-11,14-15,24H,12-13,16-17H2,1-3H3,(H,29,31). The van der Waals surface area contributed by atoms with Gasteiger partial charge in [-0.25, -0.2) is 4.39 Å². The van der Waals surface area contributed by atoms with E-state index in [0.717, 1.165) is 29.7 Å². The van der Waals surface area contributed by atoms with Gasteiger partial charge in [0.1, 0.15) is 5.82 Å². The van der Waals surface area contributed by atoms with Gasteiger partial charge in [-0.2, -0.15) is 0 Å². The Kier molecular flexibility index (Phi) is 6.94. The summed E-state index contributed by atoms with van der Waals surface area (Å²) in [6, 6.07) is 18.1. The first-order chi connectivity index (χ1) is 16.0. The molecule has 0 aromatic heterocycles. The van der Waals surface area contributed by atoms with E-state index in [4.69, 9.17) is 9.47 Å². The van der Waals surface area contributed by atoms with Gasteiger partial charge in [0.15, 0.2) is 11.5 Å². The van der Waals surface area contributed by atoms with Crippen LogP contribution >= 0.6 is 0 Å². The van der Waals surface area contributed by atoms with E-state index in [1.807, 2.05) is 55.5 Å². The van der Waals surface area contributed by atoms with E-state index < -0.39 is 0 Å². The molecule has 33 heavy (non-hydrogen) atoms. The van der Waals surface area contributed by atoms with Crippen molar-refractivity contribution in [1.29, 1.82) is 0 Å². The van der Waals surface area contributed by atoms with E-state index in [0.29, 0.717) is 30.2 Å². The number of rotatable bonds is 7. The Balaban J connectivity index is 1.63. The number of nitrogens with zero attached hydrogens (tertiary/aromatic N) is 1. The minimum absolute atomic E-state index is 0.0634. The van der Waals surface area contributed by atoms with Crippen molar-refractivity contribution in [1.82, 2.24) is 10.2 Å². The zero-order valence-electron chi connectivity index (χ0n) is 19.2. The Morgan fingerprint density at radius 2 is 1.76 bits per heavy atom. The number of nitrogens with one attached hydrogen (secondary N) is 1. The van der Waals surface area contributed by atoms with E-state index in [1.165, 1.54) is 17.7 Å². The molecule has 1 atom stereocenters. The molecule has 1 amide bonds. The molecule has 5 nitrogen and oxygen atoms in total. The van der Waals surface area contributed by atoms with Crippen LogP contribution in [0.1, 0.15) is 38.7 Å². The molecule has 0 radical (unpaired) electrons. The van der Waals surface area contributed by atoms with Gasteiger partial charge in [-0.3, -0.25) is 9.69 Å². The molecule has 1 N–H and O–H groups in total. The third-order valence-corrected chi connectivity index (χ3v) is 6.26. The monoisotopic (exact) mass is 448 g/mol. The molecule has 172 valence electrons. The summed E-state index contributed by atoms with van der Waals surface area (Å²) >= 11 is 0. The second-order valence-electron chi connectivity index (χ2n) is 8.29. The molecule has 0 aliphatic carbocycles. The van der Waals surface area contributed by atoms with Gasteiger partial charge >= 0.3 is 0 Å². The highest BCUT2D eigenvalue weighted by molar-refractivity contribution is 5.95. The smallest absolute Gasteiger partial charge is 0.251 e. The zero-order chi connectivity index (χ0) is 23.4. The third-order valence-electron chi connectivity index (χ3n) is 6.26. The van der Waals surface area contributed by atoms with Crippen LogP contribution in [-0.2, 0) is 13.0 Å². The van der Waals surface area contributed by atoms with Crippen LogP contribution in [0.25, 0.3) is 0 Å². The van der Waals surface area contributed by atoms with Crippen molar-refractivity contribution >= 4 is 5.91 Å². The number of fused-ring (bicyclic) bond motifs is 1. The Hall–Kier alpha value is -3.38. The molecule has 0 saturated heterocycles. The highest BCUT2D eigenvalue weighted by Crippen LogP contribution is 2.38. The summed E-state index contributed by atoms with van der Waals surface area (Å²) in [6.07, 6.45) is 0.846. The molecular weight excluding hydrogens is 419 g/mol. The normalized spacial score (nSPS) is 15.6. The van der Waals surface area contributed by atoms with Crippen LogP contribution in [0.3, 0.4) is 0 Å². The topological polar surface area (TPSA) is 50.8 Å². The summed E-state index contributed by atoms with van der Waals surface area (Å²) in [7, 11) is 3.26. The van der Waals surface area contributed by atoms with E-state index in [-0.39, 0.29) is 17.8 Å². The number of aryl methyl sites for hydroxylation is 1. The first-order valence-corrected chi connectivity index (χ1v) is 11.1. The lowest BCUT2D eigenvalue weighted by Gasteiger charge is -2.38. The quantitative estimate of drug-likeness (QED) is 0.570. The largest absolute Gasteiger partial charge is 0.493 e. The van der Waals surface area contributed by atoms with E-state index >= 15 is 0 Å². The van der Waals surface area contributed by atoms with Crippen LogP contribution in [0.2, 0.25) is 0 Å². The first kappa shape index (κ1) is 22.8. The van der Waals surface area contributed by atoms with Crippen molar-refractivity contribution in [3.05, 3.63) is 94.3 Å². The fourth-order valence-electron chi connectivity index (χ4n) is 4.44. The Bertz CT molecular complexity index is 1130. The molecule has 1 unspecified atom stereocenters. The average molecular weight is 449 g/mol. The van der Waals surface area contributed by atoms with Crippen LogP contribution in [-0.4, -0.2) is 38.1 Å². The van der Waals surface area contributed by atoms with Crippen molar-refractivity contribution in [3.63, 3.8) is 0 Å². The van der Waals surface area contributed by atoms with Crippen LogP contribution in [0.5, 0.6) is 11.5 Å². The number of ether oxygens (including phenoxy) is 2. The van der Waals surface area contributed by atoms with Gasteiger partial charge in [0.05, 0.1) is 20.3 Å². The van der Waals surface area contributed by atoms with Crippen LogP contribution in [0, 0.1) is 12.7 Å². The molecule has 3 aromatic rings. The van der Waals surface area contributed by atoms with E-state index in [9.17, 15) is 9.18 Å². The maximum absolute atomic E-state index is 13.4. The number of halogens is 1. The Morgan fingerprint density at radius 3 is 2.45 bits per heavy atom. The number of benzene rings is 3. The van der Waals surface area contributed by atoms with E-state index in [1.54, 1.807) is 14.2 Å². The zero-order valence-corrected chi connectivity index (χ0v) is 19.2. The minimum atomic E-state index is -0.249. The van der Waals surface area contributed by atoms with E-state index in [2.05, 4.69) is 10.2 Å². The minimum Gasteiger partial charge on any atom is -0.493 e. The second-order valence-corrected chi connectivity index (χ2v) is 8.29. The lowest BCUT2D eigenvalue weighted by atomic mass is 9.91. The summed E-state index contributed by atoms with van der Waals surface area (Å²) in [5.74, 6) is 1.02. The lowest BCUT2D eigenvalue weighted by molar-refractivity contribution is 0.0925. The van der Waals surface area contributed by atoms with Crippen molar-refractivity contribution in [3.8, 4) is 11.5 Å². The number of methoxy groups -OCH3 is 2. The highest BCUT2D eigenvalue weighted by Gasteiger charge is 2.29. The molecule has 0 bridgehead atoms. The number of amides is 1. The predicted molar refractivity (Wildman–Crippen MR) is 126 cm³/mol. The molecule has 3 aromatic carbocycles. The summed E-state index contributed by atoms with van der Waals surface area (Å²) in [6.45, 7) is 3.84. The first-order valence-electron chi connectivity index (χ1n) is 11.1.